The first kappa shape index (κ1) is 26.5. The van der Waals surface area contributed by atoms with Gasteiger partial charge >= 0.3 is 6.18 Å². The van der Waals surface area contributed by atoms with Crippen LogP contribution in [-0.2, 0) is 22.6 Å². The number of hydrogen-bond donors (Lipinski definition) is 1. The molecule has 8 nitrogen and oxygen atoms in total. The number of allylic oxidation sites excluding steroid dienone is 2. The Morgan fingerprint density at radius 2 is 1.83 bits per heavy atom. The lowest BCUT2D eigenvalue weighted by Crippen LogP contribution is -2.21. The maximum Gasteiger partial charge on any atom is 0.433 e. The molecule has 0 saturated heterocycles. The number of sulfone groups is 1. The van der Waals surface area contributed by atoms with Gasteiger partial charge in [-0.1, -0.05) is 18.2 Å². The zero-order valence-corrected chi connectivity index (χ0v) is 20.1. The van der Waals surface area contributed by atoms with Crippen LogP contribution in [0.5, 0.6) is 11.5 Å². The molecule has 0 fully saturated rings. The number of unbranched alkanes of at least 4 members (excludes halogenated alkanes) is 1. The maximum absolute atomic E-state index is 13.5. The molecular formula is C23H26F3N3O5S. The van der Waals surface area contributed by atoms with Crippen LogP contribution in [0.15, 0.2) is 47.8 Å². The van der Waals surface area contributed by atoms with Gasteiger partial charge in [-0.25, -0.2) is 18.4 Å². The topological polar surface area (TPSA) is 102 Å². The molecule has 2 aromatic rings. The molecule has 0 unspecified atom stereocenters. The van der Waals surface area contributed by atoms with Crippen molar-refractivity contribution in [1.82, 2.24) is 14.9 Å². The van der Waals surface area contributed by atoms with E-state index < -0.39 is 32.6 Å². The molecule has 0 bridgehead atoms. The van der Waals surface area contributed by atoms with E-state index in [1.54, 1.807) is 30.5 Å². The predicted molar refractivity (Wildman–Crippen MR) is 122 cm³/mol. The molecule has 0 radical (unpaired) electrons. The van der Waals surface area contributed by atoms with E-state index in [2.05, 4.69) is 9.97 Å². The van der Waals surface area contributed by atoms with Gasteiger partial charge in [-0.05, 0) is 36.6 Å². The average Bonchev–Trinajstić information content (AvgIpc) is 2.83. The number of aliphatic hydroxyl groups excluding tert-OH is 1. The van der Waals surface area contributed by atoms with E-state index >= 15 is 0 Å². The van der Waals surface area contributed by atoms with E-state index in [9.17, 15) is 21.6 Å². The highest BCUT2D eigenvalue weighted by Crippen LogP contribution is 2.32. The van der Waals surface area contributed by atoms with E-state index in [0.29, 0.717) is 30.2 Å². The van der Waals surface area contributed by atoms with Gasteiger partial charge in [0.15, 0.2) is 11.5 Å². The lowest BCUT2D eigenvalue weighted by molar-refractivity contribution is -0.141. The molecule has 0 saturated carbocycles. The summed E-state index contributed by atoms with van der Waals surface area (Å²) in [5, 5.41) is 7.99. The van der Waals surface area contributed by atoms with Crippen LogP contribution >= 0.6 is 0 Å². The highest BCUT2D eigenvalue weighted by molar-refractivity contribution is 7.91. The van der Waals surface area contributed by atoms with Gasteiger partial charge in [0.1, 0.15) is 5.69 Å². The largest absolute Gasteiger partial charge is 0.493 e. The Morgan fingerprint density at radius 1 is 1.09 bits per heavy atom. The third-order valence-corrected chi connectivity index (χ3v) is 6.75. The highest BCUT2D eigenvalue weighted by Gasteiger charge is 2.35. The molecule has 1 aliphatic heterocycles. The van der Waals surface area contributed by atoms with Gasteiger partial charge in [0.25, 0.3) is 0 Å². The van der Waals surface area contributed by atoms with Crippen molar-refractivity contribution in [3.8, 4) is 11.5 Å². The minimum atomic E-state index is -4.86. The van der Waals surface area contributed by atoms with E-state index in [1.165, 1.54) is 14.2 Å². The minimum Gasteiger partial charge on any atom is -0.493 e. The Hall–Kier alpha value is -3.12. The second-order valence-corrected chi connectivity index (χ2v) is 9.78. The molecule has 12 heteroatoms. The van der Waals surface area contributed by atoms with Crippen molar-refractivity contribution in [1.29, 1.82) is 0 Å². The smallest absolute Gasteiger partial charge is 0.433 e. The molecule has 1 aliphatic rings. The molecule has 190 valence electrons. The van der Waals surface area contributed by atoms with Crippen LogP contribution in [0.3, 0.4) is 0 Å². The van der Waals surface area contributed by atoms with Crippen LogP contribution in [0.4, 0.5) is 13.2 Å². The van der Waals surface area contributed by atoms with Gasteiger partial charge in [0.2, 0.25) is 15.0 Å². The van der Waals surface area contributed by atoms with Crippen LogP contribution < -0.4 is 9.47 Å². The number of nitrogens with zero attached hydrogens (tertiary/aromatic N) is 3. The quantitative estimate of drug-likeness (QED) is 0.381. The molecule has 35 heavy (non-hydrogen) atoms. The summed E-state index contributed by atoms with van der Waals surface area (Å²) in [6.45, 7) is 0.677. The van der Waals surface area contributed by atoms with Gasteiger partial charge in [0, 0.05) is 31.5 Å². The normalized spacial score (nSPS) is 14.1. The molecule has 0 spiro atoms. The zero-order chi connectivity index (χ0) is 25.6. The molecule has 0 atom stereocenters. The first-order valence-corrected chi connectivity index (χ1v) is 12.4. The summed E-state index contributed by atoms with van der Waals surface area (Å²) in [6, 6.07) is 6.14. The molecule has 1 aromatic carbocycles. The molecule has 3 rings (SSSR count). The van der Waals surface area contributed by atoms with Crippen molar-refractivity contribution in [2.75, 3.05) is 33.1 Å². The van der Waals surface area contributed by atoms with Gasteiger partial charge < -0.3 is 19.5 Å². The predicted octanol–water partition coefficient (Wildman–Crippen LogP) is 3.47. The lowest BCUT2D eigenvalue weighted by Gasteiger charge is -2.24. The summed E-state index contributed by atoms with van der Waals surface area (Å²) in [7, 11) is -1.13. The Balaban J connectivity index is 1.94. The van der Waals surface area contributed by atoms with Crippen molar-refractivity contribution in [2.45, 2.75) is 30.7 Å². The Bertz CT molecular complexity index is 1210. The van der Waals surface area contributed by atoms with E-state index in [4.69, 9.17) is 14.6 Å². The van der Waals surface area contributed by atoms with E-state index in [0.717, 1.165) is 11.6 Å². The number of benzene rings is 1. The van der Waals surface area contributed by atoms with Crippen molar-refractivity contribution < 1.29 is 36.2 Å². The third kappa shape index (κ3) is 6.73. The first-order valence-electron chi connectivity index (χ1n) is 10.7. The van der Waals surface area contributed by atoms with E-state index in [-0.39, 0.29) is 25.1 Å². The fourth-order valence-corrected chi connectivity index (χ4v) is 4.68. The fourth-order valence-electron chi connectivity index (χ4n) is 3.44. The number of ether oxygens (including phenoxy) is 2. The van der Waals surface area contributed by atoms with Crippen molar-refractivity contribution in [2.24, 2.45) is 0 Å². The van der Waals surface area contributed by atoms with Crippen molar-refractivity contribution >= 4 is 15.4 Å². The second kappa shape index (κ2) is 11.1. The summed E-state index contributed by atoms with van der Waals surface area (Å²) < 4.78 is 76.3. The van der Waals surface area contributed by atoms with Gasteiger partial charge in [-0.2, -0.15) is 13.2 Å². The molecule has 2 heterocycles. The molecule has 0 amide bonds. The summed E-state index contributed by atoms with van der Waals surface area (Å²) in [4.78, 5) is 9.11. The number of halogens is 3. The molecule has 1 N–H and O–H groups in total. The molecular weight excluding hydrogens is 487 g/mol. The van der Waals surface area contributed by atoms with Crippen LogP contribution in [0.25, 0.3) is 5.57 Å². The SMILES string of the molecule is COc1ccc(CN2C=C(c3cc(C(F)(F)F)nc(S(=O)(=O)CCCCO)n3)C=CC2)cc1OC. The summed E-state index contributed by atoms with van der Waals surface area (Å²) in [5.41, 5.74) is -0.299. The summed E-state index contributed by atoms with van der Waals surface area (Å²) in [6.07, 6.45) is 0.392. The fraction of sp³-hybridized carbons (Fsp3) is 0.391. The van der Waals surface area contributed by atoms with Crippen LogP contribution in [0.1, 0.15) is 29.8 Å². The summed E-state index contributed by atoms with van der Waals surface area (Å²) >= 11 is 0. The van der Waals surface area contributed by atoms with Crippen LogP contribution in [-0.4, -0.2) is 61.5 Å². The zero-order valence-electron chi connectivity index (χ0n) is 19.2. The number of methoxy groups -OCH3 is 2. The lowest BCUT2D eigenvalue weighted by atomic mass is 10.1. The number of alkyl halides is 3. The van der Waals surface area contributed by atoms with Gasteiger partial charge in [-0.15, -0.1) is 0 Å². The second-order valence-electron chi connectivity index (χ2n) is 7.77. The Morgan fingerprint density at radius 3 is 2.49 bits per heavy atom. The maximum atomic E-state index is 13.5. The highest BCUT2D eigenvalue weighted by atomic mass is 32.2. The Kier molecular flexibility index (Phi) is 8.39. The van der Waals surface area contributed by atoms with E-state index in [1.807, 2.05) is 11.0 Å². The van der Waals surface area contributed by atoms with Crippen molar-refractivity contribution in [3.05, 3.63) is 59.6 Å². The number of aliphatic hydroxyl groups is 1. The number of aromatic nitrogens is 2. The average molecular weight is 514 g/mol. The van der Waals surface area contributed by atoms with Crippen LogP contribution in [0, 0.1) is 0 Å². The summed E-state index contributed by atoms with van der Waals surface area (Å²) in [5.74, 6) is 0.650. The molecule has 0 aliphatic carbocycles. The third-order valence-electron chi connectivity index (χ3n) is 5.18. The standard InChI is InChI=1S/C23H26F3N3O5S/c1-33-19-8-7-16(12-20(19)34-2)14-29-9-5-6-17(15-29)18-13-21(23(24,25)26)28-22(27-18)35(31,32)11-4-3-10-30/h5-8,12-13,15,30H,3-4,9-11,14H2,1-2H3. The van der Waals surface area contributed by atoms with Gasteiger partial charge in [-0.3, -0.25) is 0 Å². The monoisotopic (exact) mass is 513 g/mol. The van der Waals surface area contributed by atoms with Gasteiger partial charge in [0.05, 0.1) is 25.7 Å². The van der Waals surface area contributed by atoms with Crippen molar-refractivity contribution in [3.63, 3.8) is 0 Å². The Labute approximate surface area is 201 Å². The van der Waals surface area contributed by atoms with Crippen LogP contribution in [0.2, 0.25) is 0 Å². The number of rotatable bonds is 10. The first-order chi connectivity index (χ1) is 16.6. The minimum absolute atomic E-state index is 0.0788. The number of hydrogen-bond acceptors (Lipinski definition) is 8. The molecule has 1 aromatic heterocycles.